The quantitative estimate of drug-likeness (QED) is 0.895. The average molecular weight is 257 g/mol. The molecule has 0 aliphatic heterocycles. The molecule has 0 aliphatic carbocycles. The lowest BCUT2D eigenvalue weighted by molar-refractivity contribution is 0.657. The van der Waals surface area contributed by atoms with Gasteiger partial charge in [0.1, 0.15) is 0 Å². The standard InChI is InChI=1S/C16H23N3/c1-12-6-4-7-15(10-12)11-19-14(3)16(8-5-9-17)13(2)18-19/h4,6-7,10H,5,8-9,11,17H2,1-3H3. The Morgan fingerprint density at radius 1 is 1.21 bits per heavy atom. The Bertz CT molecular complexity index is 555. The summed E-state index contributed by atoms with van der Waals surface area (Å²) < 4.78 is 2.11. The number of aromatic nitrogens is 2. The predicted molar refractivity (Wildman–Crippen MR) is 79.4 cm³/mol. The second kappa shape index (κ2) is 6.02. The lowest BCUT2D eigenvalue weighted by Gasteiger charge is -2.06. The fraction of sp³-hybridized carbons (Fsp3) is 0.438. The van der Waals surface area contributed by atoms with E-state index in [-0.39, 0.29) is 0 Å². The van der Waals surface area contributed by atoms with E-state index in [2.05, 4.69) is 54.8 Å². The van der Waals surface area contributed by atoms with E-state index in [9.17, 15) is 0 Å². The van der Waals surface area contributed by atoms with Crippen molar-refractivity contribution in [3.8, 4) is 0 Å². The van der Waals surface area contributed by atoms with Gasteiger partial charge < -0.3 is 5.73 Å². The second-order valence-electron chi connectivity index (χ2n) is 5.19. The summed E-state index contributed by atoms with van der Waals surface area (Å²) in [5, 5.41) is 4.66. The summed E-state index contributed by atoms with van der Waals surface area (Å²) in [4.78, 5) is 0. The van der Waals surface area contributed by atoms with Crippen LogP contribution in [0, 0.1) is 20.8 Å². The van der Waals surface area contributed by atoms with Crippen LogP contribution in [0.1, 0.15) is 34.5 Å². The molecule has 0 saturated heterocycles. The van der Waals surface area contributed by atoms with Crippen LogP contribution in [0.3, 0.4) is 0 Å². The number of hydrogen-bond donors (Lipinski definition) is 1. The van der Waals surface area contributed by atoms with Crippen LogP contribution in [0.25, 0.3) is 0 Å². The van der Waals surface area contributed by atoms with Crippen LogP contribution in [-0.4, -0.2) is 16.3 Å². The first-order chi connectivity index (χ1) is 9.11. The molecule has 0 unspecified atom stereocenters. The first-order valence-electron chi connectivity index (χ1n) is 6.90. The van der Waals surface area contributed by atoms with Gasteiger partial charge in [-0.25, -0.2) is 0 Å². The maximum Gasteiger partial charge on any atom is 0.0662 e. The van der Waals surface area contributed by atoms with Gasteiger partial charge in [-0.05, 0) is 51.3 Å². The van der Waals surface area contributed by atoms with E-state index in [1.807, 2.05) is 0 Å². The van der Waals surface area contributed by atoms with Crippen molar-refractivity contribution in [3.63, 3.8) is 0 Å². The summed E-state index contributed by atoms with van der Waals surface area (Å²) in [6, 6.07) is 8.60. The third kappa shape index (κ3) is 3.24. The minimum atomic E-state index is 0.738. The highest BCUT2D eigenvalue weighted by Gasteiger charge is 2.11. The molecule has 1 aromatic carbocycles. The van der Waals surface area contributed by atoms with E-state index in [4.69, 9.17) is 5.73 Å². The smallest absolute Gasteiger partial charge is 0.0662 e. The lowest BCUT2D eigenvalue weighted by Crippen LogP contribution is -2.05. The number of rotatable bonds is 5. The highest BCUT2D eigenvalue weighted by Crippen LogP contribution is 2.16. The molecule has 0 radical (unpaired) electrons. The topological polar surface area (TPSA) is 43.8 Å². The summed E-state index contributed by atoms with van der Waals surface area (Å²) >= 11 is 0. The Morgan fingerprint density at radius 2 is 2.00 bits per heavy atom. The van der Waals surface area contributed by atoms with Gasteiger partial charge in [0.05, 0.1) is 12.2 Å². The molecule has 2 rings (SSSR count). The zero-order valence-electron chi connectivity index (χ0n) is 12.1. The SMILES string of the molecule is Cc1cccc(Cn2nc(C)c(CCCN)c2C)c1. The van der Waals surface area contributed by atoms with Gasteiger partial charge in [0.15, 0.2) is 0 Å². The molecule has 1 aromatic heterocycles. The van der Waals surface area contributed by atoms with Gasteiger partial charge in [-0.1, -0.05) is 29.8 Å². The Kier molecular flexibility index (Phi) is 4.38. The zero-order chi connectivity index (χ0) is 13.8. The number of benzene rings is 1. The summed E-state index contributed by atoms with van der Waals surface area (Å²) in [7, 11) is 0. The summed E-state index contributed by atoms with van der Waals surface area (Å²) in [5.41, 5.74) is 12.0. The van der Waals surface area contributed by atoms with Crippen molar-refractivity contribution in [3.05, 3.63) is 52.3 Å². The van der Waals surface area contributed by atoms with Crippen molar-refractivity contribution >= 4 is 0 Å². The summed E-state index contributed by atoms with van der Waals surface area (Å²) in [6.45, 7) is 7.95. The van der Waals surface area contributed by atoms with E-state index >= 15 is 0 Å². The minimum absolute atomic E-state index is 0.738. The number of aryl methyl sites for hydroxylation is 2. The Hall–Kier alpha value is -1.61. The molecule has 19 heavy (non-hydrogen) atoms. The molecule has 2 aromatic rings. The summed E-state index contributed by atoms with van der Waals surface area (Å²) in [6.07, 6.45) is 2.06. The maximum absolute atomic E-state index is 5.60. The number of hydrogen-bond acceptors (Lipinski definition) is 2. The van der Waals surface area contributed by atoms with E-state index in [0.29, 0.717) is 0 Å². The van der Waals surface area contributed by atoms with Gasteiger partial charge >= 0.3 is 0 Å². The third-order valence-corrected chi connectivity index (χ3v) is 3.58. The van der Waals surface area contributed by atoms with Crippen LogP contribution in [-0.2, 0) is 13.0 Å². The number of nitrogens with zero attached hydrogens (tertiary/aromatic N) is 2. The zero-order valence-corrected chi connectivity index (χ0v) is 12.1. The van der Waals surface area contributed by atoms with Gasteiger partial charge in [-0.2, -0.15) is 5.10 Å². The first kappa shape index (κ1) is 13.8. The van der Waals surface area contributed by atoms with Gasteiger partial charge in [0.2, 0.25) is 0 Å². The maximum atomic E-state index is 5.60. The normalized spacial score (nSPS) is 10.9. The van der Waals surface area contributed by atoms with E-state index in [1.54, 1.807) is 0 Å². The first-order valence-corrected chi connectivity index (χ1v) is 6.90. The highest BCUT2D eigenvalue weighted by atomic mass is 15.3. The molecule has 0 amide bonds. The van der Waals surface area contributed by atoms with Crippen molar-refractivity contribution in [1.29, 1.82) is 0 Å². The van der Waals surface area contributed by atoms with Crippen LogP contribution < -0.4 is 5.73 Å². The molecule has 3 heteroatoms. The molecule has 102 valence electrons. The molecule has 2 N–H and O–H groups in total. The average Bonchev–Trinajstić information content (AvgIpc) is 2.62. The van der Waals surface area contributed by atoms with Crippen molar-refractivity contribution in [2.75, 3.05) is 6.54 Å². The third-order valence-electron chi connectivity index (χ3n) is 3.58. The number of nitrogens with two attached hydrogens (primary N) is 1. The Morgan fingerprint density at radius 3 is 2.68 bits per heavy atom. The predicted octanol–water partition coefficient (Wildman–Crippen LogP) is 2.75. The highest BCUT2D eigenvalue weighted by molar-refractivity contribution is 5.27. The van der Waals surface area contributed by atoms with Gasteiger partial charge in [-0.15, -0.1) is 0 Å². The van der Waals surface area contributed by atoms with Gasteiger partial charge in [-0.3, -0.25) is 4.68 Å². The van der Waals surface area contributed by atoms with Crippen LogP contribution in [0.4, 0.5) is 0 Å². The molecule has 0 spiro atoms. The van der Waals surface area contributed by atoms with E-state index < -0.39 is 0 Å². The lowest BCUT2D eigenvalue weighted by atomic mass is 10.1. The monoisotopic (exact) mass is 257 g/mol. The van der Waals surface area contributed by atoms with E-state index in [0.717, 1.165) is 31.6 Å². The molecule has 1 heterocycles. The summed E-state index contributed by atoms with van der Waals surface area (Å²) in [5.74, 6) is 0. The van der Waals surface area contributed by atoms with Crippen molar-refractivity contribution in [1.82, 2.24) is 9.78 Å². The van der Waals surface area contributed by atoms with Crippen LogP contribution in [0.5, 0.6) is 0 Å². The van der Waals surface area contributed by atoms with E-state index in [1.165, 1.54) is 22.4 Å². The van der Waals surface area contributed by atoms with Crippen molar-refractivity contribution in [2.24, 2.45) is 5.73 Å². The Labute approximate surface area is 115 Å². The molecular formula is C16H23N3. The molecule has 0 aliphatic rings. The minimum Gasteiger partial charge on any atom is -0.330 e. The fourth-order valence-corrected chi connectivity index (χ4v) is 2.51. The van der Waals surface area contributed by atoms with Gasteiger partial charge in [0.25, 0.3) is 0 Å². The van der Waals surface area contributed by atoms with Crippen molar-refractivity contribution < 1.29 is 0 Å². The van der Waals surface area contributed by atoms with Crippen LogP contribution in [0.15, 0.2) is 24.3 Å². The molecule has 3 nitrogen and oxygen atoms in total. The van der Waals surface area contributed by atoms with Crippen molar-refractivity contribution in [2.45, 2.75) is 40.2 Å². The fourth-order valence-electron chi connectivity index (χ4n) is 2.51. The molecule has 0 saturated carbocycles. The molecule has 0 bridgehead atoms. The van der Waals surface area contributed by atoms with Crippen LogP contribution in [0.2, 0.25) is 0 Å². The van der Waals surface area contributed by atoms with Gasteiger partial charge in [0, 0.05) is 5.69 Å². The second-order valence-corrected chi connectivity index (χ2v) is 5.19. The molecule has 0 atom stereocenters. The molecule has 0 fully saturated rings. The largest absolute Gasteiger partial charge is 0.330 e. The van der Waals surface area contributed by atoms with Crippen LogP contribution >= 0.6 is 0 Å². The Balaban J connectivity index is 2.21. The molecular weight excluding hydrogens is 234 g/mol.